The molecule has 2 amide bonds. The number of carbonyl (C=O) groups is 1. The number of carbonyl (C=O) groups excluding carboxylic acids is 1. The Morgan fingerprint density at radius 3 is 2.23 bits per heavy atom. The summed E-state index contributed by atoms with van der Waals surface area (Å²) in [5, 5.41) is 5.60. The Morgan fingerprint density at radius 1 is 0.923 bits per heavy atom. The highest BCUT2D eigenvalue weighted by molar-refractivity contribution is 5.73. The van der Waals surface area contributed by atoms with Gasteiger partial charge in [-0.3, -0.25) is 0 Å². The van der Waals surface area contributed by atoms with Gasteiger partial charge in [-0.25, -0.2) is 4.79 Å². The van der Waals surface area contributed by atoms with Gasteiger partial charge in [0.15, 0.2) is 0 Å². The van der Waals surface area contributed by atoms with Gasteiger partial charge in [0.2, 0.25) is 0 Å². The second-order valence-corrected chi connectivity index (χ2v) is 3.24. The van der Waals surface area contributed by atoms with Crippen LogP contribution in [-0.2, 0) is 0 Å². The Balaban J connectivity index is 3.08. The predicted molar refractivity (Wildman–Crippen MR) is 55.8 cm³/mol. The smallest absolute Gasteiger partial charge is 0.314 e. The molecule has 0 fully saturated rings. The molecule has 0 saturated heterocycles. The number of nitrogens with one attached hydrogen (secondary N) is 2. The van der Waals surface area contributed by atoms with Gasteiger partial charge in [0.25, 0.3) is 0 Å². The molecule has 0 unspecified atom stereocenters. The second kappa shape index (κ2) is 9.36. The van der Waals surface area contributed by atoms with Gasteiger partial charge in [0, 0.05) is 13.1 Å². The van der Waals surface area contributed by atoms with Crippen LogP contribution in [0.4, 0.5) is 4.79 Å². The van der Waals surface area contributed by atoms with Crippen molar-refractivity contribution < 1.29 is 4.79 Å². The monoisotopic (exact) mass is 186 g/mol. The average molecular weight is 186 g/mol. The standard InChI is InChI=1S/C10H22N2O/c1-3-5-6-7-9-12-10(13)11-8-4-2/h3-9H2,1-2H3,(H2,11,12,13). The van der Waals surface area contributed by atoms with Crippen molar-refractivity contribution in [1.82, 2.24) is 10.6 Å². The van der Waals surface area contributed by atoms with Crippen LogP contribution in [0, 0.1) is 0 Å². The third kappa shape index (κ3) is 9.18. The maximum atomic E-state index is 11.0. The van der Waals surface area contributed by atoms with Crippen molar-refractivity contribution in [3.8, 4) is 0 Å². The van der Waals surface area contributed by atoms with E-state index in [4.69, 9.17) is 0 Å². The molecule has 0 aliphatic heterocycles. The molecule has 13 heavy (non-hydrogen) atoms. The second-order valence-electron chi connectivity index (χ2n) is 3.24. The highest BCUT2D eigenvalue weighted by atomic mass is 16.2. The van der Waals surface area contributed by atoms with Gasteiger partial charge in [0.05, 0.1) is 0 Å². The van der Waals surface area contributed by atoms with Crippen LogP contribution in [0.25, 0.3) is 0 Å². The van der Waals surface area contributed by atoms with Crippen molar-refractivity contribution in [2.75, 3.05) is 13.1 Å². The topological polar surface area (TPSA) is 41.1 Å². The number of urea groups is 1. The molecule has 0 spiro atoms. The number of unbranched alkanes of at least 4 members (excludes halogenated alkanes) is 3. The van der Waals surface area contributed by atoms with E-state index in [1.807, 2.05) is 6.92 Å². The van der Waals surface area contributed by atoms with Crippen molar-refractivity contribution in [1.29, 1.82) is 0 Å². The SMILES string of the molecule is CCCCCCNC(=O)NCCC. The van der Waals surface area contributed by atoms with E-state index >= 15 is 0 Å². The van der Waals surface area contributed by atoms with Crippen molar-refractivity contribution in [2.45, 2.75) is 46.0 Å². The molecule has 78 valence electrons. The van der Waals surface area contributed by atoms with Gasteiger partial charge >= 0.3 is 6.03 Å². The van der Waals surface area contributed by atoms with Crippen molar-refractivity contribution in [3.63, 3.8) is 0 Å². The zero-order valence-corrected chi connectivity index (χ0v) is 8.86. The van der Waals surface area contributed by atoms with Crippen LogP contribution in [-0.4, -0.2) is 19.1 Å². The zero-order chi connectivity index (χ0) is 9.94. The fraction of sp³-hybridized carbons (Fsp3) is 0.900. The van der Waals surface area contributed by atoms with Crippen LogP contribution >= 0.6 is 0 Å². The number of amides is 2. The first-order valence-electron chi connectivity index (χ1n) is 5.33. The largest absolute Gasteiger partial charge is 0.338 e. The molecule has 0 atom stereocenters. The van der Waals surface area contributed by atoms with Gasteiger partial charge in [-0.05, 0) is 12.8 Å². The summed E-state index contributed by atoms with van der Waals surface area (Å²) in [6, 6.07) is -0.0293. The van der Waals surface area contributed by atoms with Crippen molar-refractivity contribution in [2.24, 2.45) is 0 Å². The van der Waals surface area contributed by atoms with Crippen LogP contribution < -0.4 is 10.6 Å². The highest BCUT2D eigenvalue weighted by Gasteiger charge is 1.95. The summed E-state index contributed by atoms with van der Waals surface area (Å²) < 4.78 is 0. The summed E-state index contributed by atoms with van der Waals surface area (Å²) in [6.07, 6.45) is 5.79. The molecular formula is C10H22N2O. The third-order valence-corrected chi connectivity index (χ3v) is 1.85. The van der Waals surface area contributed by atoms with Gasteiger partial charge in [0.1, 0.15) is 0 Å². The fourth-order valence-electron chi connectivity index (χ4n) is 1.05. The summed E-state index contributed by atoms with van der Waals surface area (Å²) in [5.41, 5.74) is 0. The summed E-state index contributed by atoms with van der Waals surface area (Å²) in [6.45, 7) is 5.79. The zero-order valence-electron chi connectivity index (χ0n) is 8.86. The third-order valence-electron chi connectivity index (χ3n) is 1.85. The van der Waals surface area contributed by atoms with E-state index < -0.39 is 0 Å². The lowest BCUT2D eigenvalue weighted by Crippen LogP contribution is -2.36. The van der Waals surface area contributed by atoms with Gasteiger partial charge < -0.3 is 10.6 Å². The van der Waals surface area contributed by atoms with Crippen LogP contribution in [0.3, 0.4) is 0 Å². The fourth-order valence-corrected chi connectivity index (χ4v) is 1.05. The Bertz CT molecular complexity index is 126. The van der Waals surface area contributed by atoms with E-state index in [1.54, 1.807) is 0 Å². The molecule has 3 heteroatoms. The number of hydrogen-bond acceptors (Lipinski definition) is 1. The van der Waals surface area contributed by atoms with E-state index in [0.29, 0.717) is 0 Å². The summed E-state index contributed by atoms with van der Waals surface area (Å²) in [4.78, 5) is 11.0. The quantitative estimate of drug-likeness (QED) is 0.588. The summed E-state index contributed by atoms with van der Waals surface area (Å²) in [5.74, 6) is 0. The molecule has 0 aliphatic carbocycles. The maximum Gasteiger partial charge on any atom is 0.314 e. The van der Waals surface area contributed by atoms with E-state index in [2.05, 4.69) is 17.6 Å². The Kier molecular flexibility index (Phi) is 8.83. The number of rotatable bonds is 7. The van der Waals surface area contributed by atoms with Crippen molar-refractivity contribution in [3.05, 3.63) is 0 Å². The molecule has 3 nitrogen and oxygen atoms in total. The molecule has 0 aromatic carbocycles. The first-order chi connectivity index (χ1) is 6.31. The van der Waals surface area contributed by atoms with Crippen LogP contribution in [0.15, 0.2) is 0 Å². The van der Waals surface area contributed by atoms with Crippen LogP contribution in [0.2, 0.25) is 0 Å². The highest BCUT2D eigenvalue weighted by Crippen LogP contribution is 1.96. The predicted octanol–water partition coefficient (Wildman–Crippen LogP) is 2.28. The lowest BCUT2D eigenvalue weighted by molar-refractivity contribution is 0.240. The minimum Gasteiger partial charge on any atom is -0.338 e. The van der Waals surface area contributed by atoms with Crippen LogP contribution in [0.1, 0.15) is 46.0 Å². The summed E-state index contributed by atoms with van der Waals surface area (Å²) in [7, 11) is 0. The molecular weight excluding hydrogens is 164 g/mol. The van der Waals surface area contributed by atoms with E-state index in [-0.39, 0.29) is 6.03 Å². The molecule has 2 N–H and O–H groups in total. The molecule has 0 aromatic heterocycles. The number of hydrogen-bond donors (Lipinski definition) is 2. The molecule has 0 saturated carbocycles. The minimum absolute atomic E-state index is 0.0293. The Labute approximate surface area is 81.3 Å². The van der Waals surface area contributed by atoms with Gasteiger partial charge in [-0.1, -0.05) is 33.1 Å². The Hall–Kier alpha value is -0.730. The molecule has 0 radical (unpaired) electrons. The molecule has 0 bridgehead atoms. The molecule has 0 rings (SSSR count). The lowest BCUT2D eigenvalue weighted by atomic mass is 10.2. The van der Waals surface area contributed by atoms with Gasteiger partial charge in [-0.15, -0.1) is 0 Å². The molecule has 0 heterocycles. The summed E-state index contributed by atoms with van der Waals surface area (Å²) >= 11 is 0. The van der Waals surface area contributed by atoms with E-state index in [0.717, 1.165) is 25.9 Å². The first kappa shape index (κ1) is 12.3. The maximum absolute atomic E-state index is 11.0. The average Bonchev–Trinajstić information content (AvgIpc) is 2.14. The first-order valence-corrected chi connectivity index (χ1v) is 5.33. The minimum atomic E-state index is -0.0293. The van der Waals surface area contributed by atoms with E-state index in [1.165, 1.54) is 19.3 Å². The lowest BCUT2D eigenvalue weighted by Gasteiger charge is -2.05. The van der Waals surface area contributed by atoms with Crippen molar-refractivity contribution >= 4 is 6.03 Å². The molecule has 0 aromatic rings. The molecule has 0 aliphatic rings. The Morgan fingerprint density at radius 2 is 1.62 bits per heavy atom. The van der Waals surface area contributed by atoms with Gasteiger partial charge in [-0.2, -0.15) is 0 Å². The van der Waals surface area contributed by atoms with Crippen LogP contribution in [0.5, 0.6) is 0 Å². The van der Waals surface area contributed by atoms with E-state index in [9.17, 15) is 4.79 Å². The normalized spacial score (nSPS) is 9.69.